The summed E-state index contributed by atoms with van der Waals surface area (Å²) in [5.41, 5.74) is -2.99. The first-order valence-electron chi connectivity index (χ1n) is 8.18. The predicted molar refractivity (Wildman–Crippen MR) is 86.3 cm³/mol. The normalized spacial score (nSPS) is 19.8. The van der Waals surface area contributed by atoms with Crippen LogP contribution < -0.4 is 0 Å². The molecule has 3 heterocycles. The summed E-state index contributed by atoms with van der Waals surface area (Å²) in [4.78, 5) is 2.03. The van der Waals surface area contributed by atoms with E-state index in [0.29, 0.717) is 9.75 Å². The fraction of sp³-hybridized carbons (Fsp3) is 0.562. The summed E-state index contributed by atoms with van der Waals surface area (Å²) in [5, 5.41) is 23.6. The van der Waals surface area contributed by atoms with E-state index < -0.39 is 42.8 Å². The quantitative estimate of drug-likeness (QED) is 0.718. The summed E-state index contributed by atoms with van der Waals surface area (Å²) >= 11 is 0.965. The SMILES string of the molecule is Cc1c(-c2ccc(C(O)N3CCC(O)(C(F)(F)F)CC3)s2)noc1C(F)(F)F. The van der Waals surface area contributed by atoms with Gasteiger partial charge in [0.15, 0.2) is 5.60 Å². The largest absolute Gasteiger partial charge is 0.452 e. The van der Waals surface area contributed by atoms with E-state index in [2.05, 4.69) is 9.68 Å². The fourth-order valence-electron chi connectivity index (χ4n) is 3.05. The Labute approximate surface area is 159 Å². The molecule has 5 nitrogen and oxygen atoms in total. The predicted octanol–water partition coefficient (Wildman–Crippen LogP) is 4.11. The minimum atomic E-state index is -4.75. The Kier molecular flexibility index (Phi) is 5.28. The molecule has 1 unspecified atom stereocenters. The van der Waals surface area contributed by atoms with E-state index >= 15 is 0 Å². The molecule has 2 N–H and O–H groups in total. The lowest BCUT2D eigenvalue weighted by atomic mass is 9.90. The average molecular weight is 430 g/mol. The number of alkyl halides is 6. The molecule has 1 saturated heterocycles. The second-order valence-corrected chi connectivity index (χ2v) is 7.74. The lowest BCUT2D eigenvalue weighted by molar-refractivity contribution is -0.276. The van der Waals surface area contributed by atoms with Crippen molar-refractivity contribution >= 4 is 11.3 Å². The van der Waals surface area contributed by atoms with E-state index in [1.54, 1.807) is 0 Å². The lowest BCUT2D eigenvalue weighted by Crippen LogP contribution is -2.53. The Bertz CT molecular complexity index is 836. The third-order valence-electron chi connectivity index (χ3n) is 4.79. The van der Waals surface area contributed by atoms with Crippen LogP contribution in [0.3, 0.4) is 0 Å². The van der Waals surface area contributed by atoms with Crippen LogP contribution in [-0.2, 0) is 6.18 Å². The molecule has 156 valence electrons. The standard InChI is InChI=1S/C16H16F6N2O3S/c1-8-11(23-27-12(8)15(17,18)19)9-2-3-10(28-9)13(25)24-6-4-14(26,5-7-24)16(20,21)22/h2-3,13,25-26H,4-7H2,1H3. The summed E-state index contributed by atoms with van der Waals surface area (Å²) < 4.78 is 81.4. The lowest BCUT2D eigenvalue weighted by Gasteiger charge is -2.40. The van der Waals surface area contributed by atoms with Gasteiger partial charge in [-0.25, -0.2) is 0 Å². The second-order valence-electron chi connectivity index (χ2n) is 6.62. The number of halogens is 6. The third-order valence-corrected chi connectivity index (χ3v) is 5.93. The van der Waals surface area contributed by atoms with Crippen LogP contribution in [0.15, 0.2) is 16.7 Å². The molecule has 1 aliphatic heterocycles. The first-order valence-corrected chi connectivity index (χ1v) is 9.00. The molecule has 2 aromatic heterocycles. The Balaban J connectivity index is 1.74. The molecule has 0 bridgehead atoms. The van der Waals surface area contributed by atoms with Crippen molar-refractivity contribution in [2.45, 2.75) is 43.9 Å². The number of thiophene rings is 1. The van der Waals surface area contributed by atoms with Gasteiger partial charge in [-0.2, -0.15) is 26.3 Å². The molecule has 3 rings (SSSR count). The van der Waals surface area contributed by atoms with Crippen LogP contribution in [0.5, 0.6) is 0 Å². The monoisotopic (exact) mass is 430 g/mol. The number of piperidine rings is 1. The van der Waals surface area contributed by atoms with Gasteiger partial charge in [0, 0.05) is 23.5 Å². The Morgan fingerprint density at radius 1 is 1.18 bits per heavy atom. The van der Waals surface area contributed by atoms with Crippen LogP contribution in [0, 0.1) is 6.92 Å². The summed E-state index contributed by atoms with van der Waals surface area (Å²) in [5.74, 6) is -1.21. The molecule has 0 saturated carbocycles. The number of aliphatic hydroxyl groups is 2. The van der Waals surface area contributed by atoms with Crippen LogP contribution in [0.4, 0.5) is 26.3 Å². The van der Waals surface area contributed by atoms with Gasteiger partial charge in [0.05, 0.1) is 4.88 Å². The van der Waals surface area contributed by atoms with Gasteiger partial charge in [-0.05, 0) is 31.9 Å². The Morgan fingerprint density at radius 2 is 1.79 bits per heavy atom. The van der Waals surface area contributed by atoms with Crippen LogP contribution in [-0.4, -0.2) is 45.1 Å². The molecule has 28 heavy (non-hydrogen) atoms. The number of hydrogen-bond donors (Lipinski definition) is 2. The molecular formula is C16H16F6N2O3S. The highest BCUT2D eigenvalue weighted by Crippen LogP contribution is 2.42. The zero-order valence-electron chi connectivity index (χ0n) is 14.4. The topological polar surface area (TPSA) is 69.7 Å². The number of likely N-dealkylation sites (tertiary alicyclic amines) is 1. The van der Waals surface area contributed by atoms with Crippen molar-refractivity contribution in [3.8, 4) is 10.6 Å². The molecule has 0 amide bonds. The van der Waals surface area contributed by atoms with Gasteiger partial charge in [0.25, 0.3) is 0 Å². The summed E-state index contributed by atoms with van der Waals surface area (Å²) in [6, 6.07) is 2.93. The zero-order valence-corrected chi connectivity index (χ0v) is 15.3. The van der Waals surface area contributed by atoms with E-state index in [0.717, 1.165) is 11.3 Å². The van der Waals surface area contributed by atoms with Crippen LogP contribution in [0.1, 0.15) is 35.3 Å². The molecule has 0 spiro atoms. The second kappa shape index (κ2) is 7.01. The van der Waals surface area contributed by atoms with Gasteiger partial charge >= 0.3 is 12.4 Å². The number of rotatable bonds is 3. The first-order chi connectivity index (χ1) is 12.8. The Morgan fingerprint density at radius 3 is 2.29 bits per heavy atom. The van der Waals surface area contributed by atoms with Crippen molar-refractivity contribution in [3.63, 3.8) is 0 Å². The third kappa shape index (κ3) is 3.78. The molecule has 1 fully saturated rings. The summed E-state index contributed by atoms with van der Waals surface area (Å²) in [6.45, 7) is 0.838. The maximum Gasteiger partial charge on any atom is 0.452 e. The van der Waals surface area contributed by atoms with Gasteiger partial charge in [-0.3, -0.25) is 4.90 Å². The molecule has 1 atom stereocenters. The van der Waals surface area contributed by atoms with E-state index in [4.69, 9.17) is 0 Å². The summed E-state index contributed by atoms with van der Waals surface area (Å²) in [7, 11) is 0. The van der Waals surface area contributed by atoms with Gasteiger partial charge in [-0.15, -0.1) is 11.3 Å². The van der Waals surface area contributed by atoms with Gasteiger partial charge in [-0.1, -0.05) is 5.16 Å². The summed E-state index contributed by atoms with van der Waals surface area (Å²) in [6.07, 6.45) is -11.8. The smallest absolute Gasteiger partial charge is 0.380 e. The maximum atomic E-state index is 12.9. The highest BCUT2D eigenvalue weighted by molar-refractivity contribution is 7.15. The molecule has 0 radical (unpaired) electrons. The van der Waals surface area contributed by atoms with Crippen molar-refractivity contribution in [1.82, 2.24) is 10.1 Å². The van der Waals surface area contributed by atoms with Crippen molar-refractivity contribution < 1.29 is 41.1 Å². The van der Waals surface area contributed by atoms with E-state index in [9.17, 15) is 36.6 Å². The number of aromatic nitrogens is 1. The van der Waals surface area contributed by atoms with Gasteiger partial charge in [0.1, 0.15) is 11.9 Å². The maximum absolute atomic E-state index is 12.9. The van der Waals surface area contributed by atoms with Crippen molar-refractivity contribution in [1.29, 1.82) is 0 Å². The van der Waals surface area contributed by atoms with Crippen molar-refractivity contribution in [3.05, 3.63) is 28.3 Å². The number of aliphatic hydroxyl groups excluding tert-OH is 1. The van der Waals surface area contributed by atoms with Crippen LogP contribution >= 0.6 is 11.3 Å². The fourth-order valence-corrected chi connectivity index (χ4v) is 4.12. The Hall–Kier alpha value is -1.63. The van der Waals surface area contributed by atoms with Crippen molar-refractivity contribution in [2.24, 2.45) is 0 Å². The first kappa shape index (κ1) is 21.1. The molecular weight excluding hydrogens is 414 g/mol. The van der Waals surface area contributed by atoms with E-state index in [-0.39, 0.29) is 24.3 Å². The molecule has 0 aromatic carbocycles. The van der Waals surface area contributed by atoms with Crippen molar-refractivity contribution in [2.75, 3.05) is 13.1 Å². The van der Waals surface area contributed by atoms with Gasteiger partial charge in [0.2, 0.25) is 5.76 Å². The molecule has 1 aliphatic rings. The van der Waals surface area contributed by atoms with Crippen LogP contribution in [0.25, 0.3) is 10.6 Å². The highest BCUT2D eigenvalue weighted by atomic mass is 32.1. The number of nitrogens with zero attached hydrogens (tertiary/aromatic N) is 2. The highest BCUT2D eigenvalue weighted by Gasteiger charge is 2.55. The zero-order chi connectivity index (χ0) is 20.9. The molecule has 12 heteroatoms. The van der Waals surface area contributed by atoms with Crippen LogP contribution in [0.2, 0.25) is 0 Å². The average Bonchev–Trinajstić information content (AvgIpc) is 3.20. The number of hydrogen-bond acceptors (Lipinski definition) is 6. The molecule has 2 aromatic rings. The minimum Gasteiger partial charge on any atom is -0.380 e. The minimum absolute atomic E-state index is 0.0131. The van der Waals surface area contributed by atoms with E-state index in [1.165, 1.54) is 24.0 Å². The van der Waals surface area contributed by atoms with Gasteiger partial charge < -0.3 is 14.7 Å². The molecule has 0 aliphatic carbocycles. The van der Waals surface area contributed by atoms with E-state index in [1.807, 2.05) is 0 Å².